The van der Waals surface area contributed by atoms with E-state index in [1.54, 1.807) is 0 Å². The molecule has 0 radical (unpaired) electrons. The van der Waals surface area contributed by atoms with Crippen LogP contribution in [0.1, 0.15) is 52.9 Å². The molecule has 1 heteroatoms. The Kier molecular flexibility index (Phi) is 1.73. The molecule has 4 atom stereocenters. The van der Waals surface area contributed by atoms with Crippen LogP contribution in [0.2, 0.25) is 0 Å². The molecule has 0 aromatic heterocycles. The number of ketones is 1. The first kappa shape index (κ1) is 10.6. The van der Waals surface area contributed by atoms with E-state index < -0.39 is 0 Å². The van der Waals surface area contributed by atoms with Gasteiger partial charge in [-0.15, -0.1) is 0 Å². The maximum absolute atomic E-state index is 12.2. The fourth-order valence-corrected chi connectivity index (χ4v) is 5.73. The van der Waals surface area contributed by atoms with Gasteiger partial charge < -0.3 is 0 Å². The molecule has 0 amide bonds. The van der Waals surface area contributed by atoms with Crippen LogP contribution in [0.5, 0.6) is 0 Å². The Morgan fingerprint density at radius 3 is 2.62 bits per heavy atom. The van der Waals surface area contributed by atoms with Gasteiger partial charge in [-0.25, -0.2) is 0 Å². The maximum atomic E-state index is 12.2. The Labute approximate surface area is 98.3 Å². The van der Waals surface area contributed by atoms with Crippen molar-refractivity contribution in [1.29, 1.82) is 0 Å². The zero-order chi connectivity index (χ0) is 11.8. The van der Waals surface area contributed by atoms with Crippen LogP contribution in [0.3, 0.4) is 0 Å². The fraction of sp³-hybridized carbons (Fsp3) is 0.800. The zero-order valence-corrected chi connectivity index (χ0v) is 10.7. The van der Waals surface area contributed by atoms with Gasteiger partial charge in [0.25, 0.3) is 0 Å². The first-order valence-electron chi connectivity index (χ1n) is 6.58. The molecule has 0 heterocycles. The van der Waals surface area contributed by atoms with Crippen LogP contribution < -0.4 is 0 Å². The molecule has 3 aliphatic carbocycles. The second kappa shape index (κ2) is 2.63. The molecule has 0 aromatic carbocycles. The van der Waals surface area contributed by atoms with Crippen molar-refractivity contribution in [3.8, 4) is 0 Å². The van der Waals surface area contributed by atoms with Crippen molar-refractivity contribution >= 4 is 5.78 Å². The molecule has 0 saturated heterocycles. The smallest absolute Gasteiger partial charge is 0.137 e. The van der Waals surface area contributed by atoms with Gasteiger partial charge in [0.05, 0.1) is 0 Å². The molecule has 3 fully saturated rings. The van der Waals surface area contributed by atoms with Crippen molar-refractivity contribution in [3.63, 3.8) is 0 Å². The lowest BCUT2D eigenvalue weighted by Crippen LogP contribution is -2.42. The van der Waals surface area contributed by atoms with Crippen molar-refractivity contribution in [3.05, 3.63) is 12.2 Å². The average molecular weight is 218 g/mol. The number of carbonyl (C=O) groups is 1. The average Bonchev–Trinajstić information content (AvgIpc) is 2.67. The number of carbonyl (C=O) groups excluding carboxylic acids is 1. The van der Waals surface area contributed by atoms with E-state index in [-0.39, 0.29) is 16.7 Å². The third-order valence-corrected chi connectivity index (χ3v) is 6.50. The van der Waals surface area contributed by atoms with Crippen molar-refractivity contribution in [2.24, 2.45) is 22.2 Å². The normalized spacial score (nSPS) is 55.6. The summed E-state index contributed by atoms with van der Waals surface area (Å²) < 4.78 is 0. The van der Waals surface area contributed by atoms with E-state index in [0.717, 1.165) is 12.8 Å². The topological polar surface area (TPSA) is 17.1 Å². The highest BCUT2D eigenvalue weighted by molar-refractivity contribution is 5.87. The lowest BCUT2D eigenvalue weighted by Gasteiger charge is -2.45. The van der Waals surface area contributed by atoms with E-state index in [4.69, 9.17) is 0 Å². The van der Waals surface area contributed by atoms with Crippen molar-refractivity contribution in [2.45, 2.75) is 52.9 Å². The van der Waals surface area contributed by atoms with E-state index in [1.807, 2.05) is 0 Å². The minimum atomic E-state index is 0.106. The van der Waals surface area contributed by atoms with Gasteiger partial charge in [-0.3, -0.25) is 4.79 Å². The van der Waals surface area contributed by atoms with Gasteiger partial charge >= 0.3 is 0 Å². The monoisotopic (exact) mass is 218 g/mol. The van der Waals surface area contributed by atoms with Crippen LogP contribution in [0.25, 0.3) is 0 Å². The van der Waals surface area contributed by atoms with E-state index in [1.165, 1.54) is 24.8 Å². The largest absolute Gasteiger partial charge is 0.299 e. The molecular formula is C15H22O. The van der Waals surface area contributed by atoms with Crippen LogP contribution in [0.15, 0.2) is 12.2 Å². The highest BCUT2D eigenvalue weighted by atomic mass is 16.1. The molecule has 16 heavy (non-hydrogen) atoms. The van der Waals surface area contributed by atoms with Gasteiger partial charge in [-0.05, 0) is 30.1 Å². The number of Topliss-reactive ketones (excluding diaryl/α,β-unsaturated/α-hetero) is 1. The Morgan fingerprint density at radius 2 is 1.94 bits per heavy atom. The van der Waals surface area contributed by atoms with Gasteiger partial charge in [-0.2, -0.15) is 0 Å². The molecular weight excluding hydrogens is 196 g/mol. The molecule has 1 spiro atoms. The summed E-state index contributed by atoms with van der Waals surface area (Å²) in [5, 5.41) is 0. The second-order valence-electron chi connectivity index (χ2n) is 6.86. The molecule has 88 valence electrons. The van der Waals surface area contributed by atoms with Gasteiger partial charge in [0, 0.05) is 17.8 Å². The highest BCUT2D eigenvalue weighted by Crippen LogP contribution is 2.78. The summed E-state index contributed by atoms with van der Waals surface area (Å²) in [7, 11) is 0. The molecule has 3 saturated carbocycles. The summed E-state index contributed by atoms with van der Waals surface area (Å²) in [4.78, 5) is 12.2. The molecule has 0 bridgehead atoms. The molecule has 1 nitrogen and oxygen atoms in total. The summed E-state index contributed by atoms with van der Waals surface area (Å²) in [6.45, 7) is 11.2. The second-order valence-corrected chi connectivity index (χ2v) is 6.86. The van der Waals surface area contributed by atoms with Crippen LogP contribution in [0, 0.1) is 22.2 Å². The third kappa shape index (κ3) is 0.781. The molecule has 0 aliphatic heterocycles. The Balaban J connectivity index is 2.25. The Bertz CT molecular complexity index is 396. The number of rotatable bonds is 0. The van der Waals surface area contributed by atoms with E-state index in [2.05, 4.69) is 27.4 Å². The van der Waals surface area contributed by atoms with Crippen molar-refractivity contribution < 1.29 is 4.79 Å². The number of hydrogen-bond acceptors (Lipinski definition) is 1. The van der Waals surface area contributed by atoms with E-state index >= 15 is 0 Å². The zero-order valence-electron chi connectivity index (χ0n) is 10.7. The summed E-state index contributed by atoms with van der Waals surface area (Å²) in [6.07, 6.45) is 5.74. The Morgan fingerprint density at radius 1 is 1.25 bits per heavy atom. The molecule has 0 unspecified atom stereocenters. The van der Waals surface area contributed by atoms with Gasteiger partial charge in [0.1, 0.15) is 5.78 Å². The van der Waals surface area contributed by atoms with Crippen molar-refractivity contribution in [2.75, 3.05) is 0 Å². The summed E-state index contributed by atoms with van der Waals surface area (Å²) >= 11 is 0. The van der Waals surface area contributed by atoms with Crippen LogP contribution in [-0.2, 0) is 4.79 Å². The summed E-state index contributed by atoms with van der Waals surface area (Å²) in [5.74, 6) is 0.737. The summed E-state index contributed by atoms with van der Waals surface area (Å²) in [5.41, 5.74) is 2.06. The molecule has 3 rings (SSSR count). The maximum Gasteiger partial charge on any atom is 0.137 e. The molecule has 0 N–H and O–H groups in total. The molecule has 3 aliphatic rings. The van der Waals surface area contributed by atoms with Crippen LogP contribution in [-0.4, -0.2) is 5.78 Å². The lowest BCUT2D eigenvalue weighted by molar-refractivity contribution is -0.123. The van der Waals surface area contributed by atoms with Gasteiger partial charge in [0.15, 0.2) is 0 Å². The Hall–Kier alpha value is -0.590. The predicted octanol–water partition coefficient (Wildman–Crippen LogP) is 3.74. The highest BCUT2D eigenvalue weighted by Gasteiger charge is 2.73. The minimum absolute atomic E-state index is 0.106. The SMILES string of the molecule is C=C1C[C@]2(C)CCC[C@@]23[C@H](C)C(=O)C[C@@]13C. The standard InChI is InChI=1S/C15H22O/c1-10-8-13(3)6-5-7-15(13)11(2)12(16)9-14(10,15)4/h11H,1,5-9H2,2-4H3/t11-,13+,14+,15-/m1/s1. The van der Waals surface area contributed by atoms with Gasteiger partial charge in [0.2, 0.25) is 0 Å². The van der Waals surface area contributed by atoms with E-state index in [0.29, 0.717) is 11.2 Å². The number of allylic oxidation sites excluding steroid dienone is 1. The quantitative estimate of drug-likeness (QED) is 0.566. The fourth-order valence-electron chi connectivity index (χ4n) is 5.73. The predicted molar refractivity (Wildman–Crippen MR) is 65.0 cm³/mol. The summed E-state index contributed by atoms with van der Waals surface area (Å²) in [6, 6.07) is 0. The lowest BCUT2D eigenvalue weighted by atomic mass is 9.57. The first-order chi connectivity index (χ1) is 7.37. The van der Waals surface area contributed by atoms with Gasteiger partial charge in [-0.1, -0.05) is 39.3 Å². The third-order valence-electron chi connectivity index (χ3n) is 6.50. The number of hydrogen-bond donors (Lipinski definition) is 0. The molecule has 0 aromatic rings. The van der Waals surface area contributed by atoms with Crippen LogP contribution >= 0.6 is 0 Å². The van der Waals surface area contributed by atoms with Crippen LogP contribution in [0.4, 0.5) is 0 Å². The first-order valence-corrected chi connectivity index (χ1v) is 6.58. The van der Waals surface area contributed by atoms with Crippen molar-refractivity contribution in [1.82, 2.24) is 0 Å². The van der Waals surface area contributed by atoms with E-state index in [9.17, 15) is 4.79 Å². The minimum Gasteiger partial charge on any atom is -0.299 e.